The Hall–Kier alpha value is -2.75. The van der Waals surface area contributed by atoms with Crippen LogP contribution in [0, 0.1) is 0 Å². The van der Waals surface area contributed by atoms with Crippen molar-refractivity contribution in [2.45, 2.75) is 18.6 Å². The molecule has 0 saturated carbocycles. The first-order chi connectivity index (χ1) is 12.0. The predicted molar refractivity (Wildman–Crippen MR) is 93.4 cm³/mol. The van der Waals surface area contributed by atoms with Crippen LogP contribution < -0.4 is 5.32 Å². The highest BCUT2D eigenvalue weighted by atomic mass is 19.4. The van der Waals surface area contributed by atoms with Gasteiger partial charge in [-0.25, -0.2) is 0 Å². The van der Waals surface area contributed by atoms with Crippen molar-refractivity contribution < 1.29 is 13.2 Å². The second-order valence-electron chi connectivity index (χ2n) is 6.22. The largest absolute Gasteiger partial charge is 0.416 e. The van der Waals surface area contributed by atoms with Gasteiger partial charge >= 0.3 is 6.18 Å². The number of halogens is 3. The van der Waals surface area contributed by atoms with Crippen LogP contribution in [0.5, 0.6) is 0 Å². The molecule has 0 radical (unpaired) electrons. The zero-order chi connectivity index (χ0) is 17.4. The third-order valence-corrected chi connectivity index (χ3v) is 4.61. The molecular formula is C21H16F3N. The molecule has 3 aromatic carbocycles. The van der Waals surface area contributed by atoms with E-state index in [9.17, 15) is 13.2 Å². The molecule has 1 N–H and O–H groups in total. The van der Waals surface area contributed by atoms with Crippen molar-refractivity contribution in [2.75, 3.05) is 5.32 Å². The first-order valence-corrected chi connectivity index (χ1v) is 8.13. The Morgan fingerprint density at radius 2 is 1.52 bits per heavy atom. The number of hydrogen-bond acceptors (Lipinski definition) is 1. The van der Waals surface area contributed by atoms with Crippen LogP contribution >= 0.6 is 0 Å². The summed E-state index contributed by atoms with van der Waals surface area (Å²) in [4.78, 5) is 0. The molecule has 0 aliphatic carbocycles. The number of fused-ring (bicyclic) bond motifs is 1. The maximum atomic E-state index is 13.3. The molecule has 126 valence electrons. The first kappa shape index (κ1) is 15.8. The second-order valence-corrected chi connectivity index (χ2v) is 6.22. The van der Waals surface area contributed by atoms with E-state index < -0.39 is 11.7 Å². The molecule has 0 amide bonds. The number of benzene rings is 3. The lowest BCUT2D eigenvalue weighted by Gasteiger charge is -2.18. The van der Waals surface area contributed by atoms with Crippen molar-refractivity contribution in [3.05, 3.63) is 89.5 Å². The van der Waals surface area contributed by atoms with Gasteiger partial charge in [0.15, 0.2) is 0 Å². The normalized spacial score (nSPS) is 16.4. The summed E-state index contributed by atoms with van der Waals surface area (Å²) in [6.07, 6.45) is -3.80. The lowest BCUT2D eigenvalue weighted by molar-refractivity contribution is -0.138. The van der Waals surface area contributed by atoms with Crippen molar-refractivity contribution >= 4 is 5.69 Å². The molecule has 0 spiro atoms. The van der Waals surface area contributed by atoms with E-state index in [4.69, 9.17) is 0 Å². The molecule has 1 heterocycles. The van der Waals surface area contributed by atoms with Crippen molar-refractivity contribution in [1.29, 1.82) is 0 Å². The number of rotatable bonds is 2. The number of anilines is 1. The summed E-state index contributed by atoms with van der Waals surface area (Å²) in [7, 11) is 0. The molecular weight excluding hydrogens is 323 g/mol. The van der Waals surface area contributed by atoms with Gasteiger partial charge in [0, 0.05) is 5.69 Å². The Kier molecular flexibility index (Phi) is 3.75. The van der Waals surface area contributed by atoms with Gasteiger partial charge in [-0.05, 0) is 46.9 Å². The summed E-state index contributed by atoms with van der Waals surface area (Å²) < 4.78 is 39.9. The Balaban J connectivity index is 1.67. The topological polar surface area (TPSA) is 12.0 Å². The van der Waals surface area contributed by atoms with Crippen LogP contribution in [0.4, 0.5) is 18.9 Å². The number of nitrogens with one attached hydrogen (secondary N) is 1. The summed E-state index contributed by atoms with van der Waals surface area (Å²) in [6, 6.07) is 21.4. The van der Waals surface area contributed by atoms with E-state index in [-0.39, 0.29) is 6.04 Å². The second kappa shape index (κ2) is 5.96. The zero-order valence-electron chi connectivity index (χ0n) is 13.3. The minimum absolute atomic E-state index is 0.299. The van der Waals surface area contributed by atoms with Crippen molar-refractivity contribution in [2.24, 2.45) is 0 Å². The van der Waals surface area contributed by atoms with Crippen molar-refractivity contribution in [3.8, 4) is 11.1 Å². The highest BCUT2D eigenvalue weighted by molar-refractivity contribution is 5.70. The maximum Gasteiger partial charge on any atom is 0.416 e. The van der Waals surface area contributed by atoms with Crippen LogP contribution in [0.1, 0.15) is 22.7 Å². The van der Waals surface area contributed by atoms with Crippen LogP contribution in [0.3, 0.4) is 0 Å². The van der Waals surface area contributed by atoms with Crippen molar-refractivity contribution in [3.63, 3.8) is 0 Å². The minimum Gasteiger partial charge on any atom is -0.378 e. The summed E-state index contributed by atoms with van der Waals surface area (Å²) in [6.45, 7) is 0. The molecule has 0 saturated heterocycles. The van der Waals surface area contributed by atoms with E-state index in [1.807, 2.05) is 42.5 Å². The van der Waals surface area contributed by atoms with Crippen molar-refractivity contribution in [1.82, 2.24) is 0 Å². The molecule has 1 aliphatic heterocycles. The molecule has 4 heteroatoms. The molecule has 3 aromatic rings. The lowest BCUT2D eigenvalue weighted by Crippen LogP contribution is -2.15. The van der Waals surface area contributed by atoms with Gasteiger partial charge < -0.3 is 5.32 Å². The van der Waals surface area contributed by atoms with Gasteiger partial charge in [-0.1, -0.05) is 54.6 Å². The highest BCUT2D eigenvalue weighted by Gasteiger charge is 2.36. The van der Waals surface area contributed by atoms with E-state index in [2.05, 4.69) is 11.4 Å². The number of alkyl halides is 3. The smallest absolute Gasteiger partial charge is 0.378 e. The molecule has 1 unspecified atom stereocenters. The standard InChI is InChI=1S/C21H16F3N/c22-21(23,24)18-9-5-4-8-17(18)20-13-16-12-15(10-11-19(16)25-20)14-6-2-1-3-7-14/h1-12,20,25H,13H2. The third kappa shape index (κ3) is 3.00. The van der Waals surface area contributed by atoms with Gasteiger partial charge in [0.05, 0.1) is 11.6 Å². The molecule has 25 heavy (non-hydrogen) atoms. The van der Waals surface area contributed by atoms with Gasteiger partial charge in [-0.3, -0.25) is 0 Å². The van der Waals surface area contributed by atoms with E-state index in [1.54, 1.807) is 12.1 Å². The Morgan fingerprint density at radius 3 is 2.28 bits per heavy atom. The summed E-state index contributed by atoms with van der Waals surface area (Å²) in [5.74, 6) is 0. The summed E-state index contributed by atoms with van der Waals surface area (Å²) in [5, 5.41) is 3.24. The highest BCUT2D eigenvalue weighted by Crippen LogP contribution is 2.41. The maximum absolute atomic E-state index is 13.3. The third-order valence-electron chi connectivity index (χ3n) is 4.61. The first-order valence-electron chi connectivity index (χ1n) is 8.13. The van der Waals surface area contributed by atoms with Crippen LogP contribution in [0.25, 0.3) is 11.1 Å². The Morgan fingerprint density at radius 1 is 0.800 bits per heavy atom. The minimum atomic E-state index is -4.34. The fraction of sp³-hybridized carbons (Fsp3) is 0.143. The molecule has 4 rings (SSSR count). The lowest BCUT2D eigenvalue weighted by atomic mass is 9.96. The van der Waals surface area contributed by atoms with Gasteiger partial charge in [0.25, 0.3) is 0 Å². The van der Waals surface area contributed by atoms with E-state index >= 15 is 0 Å². The molecule has 1 atom stereocenters. The van der Waals surface area contributed by atoms with Gasteiger partial charge in [0.1, 0.15) is 0 Å². The fourth-order valence-electron chi connectivity index (χ4n) is 3.42. The average Bonchev–Trinajstić information content (AvgIpc) is 3.05. The quantitative estimate of drug-likeness (QED) is 0.596. The van der Waals surface area contributed by atoms with Crippen LogP contribution in [0.2, 0.25) is 0 Å². The van der Waals surface area contributed by atoms with Crippen LogP contribution in [-0.4, -0.2) is 0 Å². The monoisotopic (exact) mass is 339 g/mol. The summed E-state index contributed by atoms with van der Waals surface area (Å²) >= 11 is 0. The average molecular weight is 339 g/mol. The van der Waals surface area contributed by atoms with E-state index in [0.29, 0.717) is 12.0 Å². The van der Waals surface area contributed by atoms with Gasteiger partial charge in [0.2, 0.25) is 0 Å². The SMILES string of the molecule is FC(F)(F)c1ccccc1C1Cc2cc(-c3ccccc3)ccc2N1. The van der Waals surface area contributed by atoms with Gasteiger partial charge in [-0.2, -0.15) is 13.2 Å². The molecule has 0 fully saturated rings. The Bertz CT molecular complexity index is 901. The molecule has 1 nitrogen and oxygen atoms in total. The molecule has 0 bridgehead atoms. The van der Waals surface area contributed by atoms with Crippen LogP contribution in [0.15, 0.2) is 72.8 Å². The zero-order valence-corrected chi connectivity index (χ0v) is 13.3. The number of hydrogen-bond donors (Lipinski definition) is 1. The van der Waals surface area contributed by atoms with E-state index in [1.165, 1.54) is 6.07 Å². The predicted octanol–water partition coefficient (Wildman–Crippen LogP) is 6.08. The summed E-state index contributed by atoms with van der Waals surface area (Å²) in [5.41, 5.74) is 3.86. The molecule has 0 aromatic heterocycles. The van der Waals surface area contributed by atoms with Crippen LogP contribution in [-0.2, 0) is 12.6 Å². The Labute approximate surface area is 144 Å². The van der Waals surface area contributed by atoms with Gasteiger partial charge in [-0.15, -0.1) is 0 Å². The molecule has 1 aliphatic rings. The fourth-order valence-corrected chi connectivity index (χ4v) is 3.42. The van der Waals surface area contributed by atoms with E-state index in [0.717, 1.165) is 28.4 Å².